The Bertz CT molecular complexity index is 403. The molecule has 1 unspecified atom stereocenters. The highest BCUT2D eigenvalue weighted by molar-refractivity contribution is 5.39. The molecule has 0 bridgehead atoms. The molecule has 0 heterocycles. The molecule has 0 aromatic heterocycles. The Hall–Kier alpha value is -1.46. The van der Waals surface area contributed by atoms with E-state index in [-0.39, 0.29) is 22.6 Å². The molecule has 0 spiro atoms. The molecule has 0 aliphatic carbocycles. The lowest BCUT2D eigenvalue weighted by molar-refractivity contribution is -0.385. The van der Waals surface area contributed by atoms with Crippen LogP contribution in [0.3, 0.4) is 0 Å². The normalized spacial score (nSPS) is 14.2. The average molecular weight is 252 g/mol. The van der Waals surface area contributed by atoms with Crippen molar-refractivity contribution in [2.45, 2.75) is 26.8 Å². The lowest BCUT2D eigenvalue weighted by Crippen LogP contribution is -2.34. The predicted octanol–water partition coefficient (Wildman–Crippen LogP) is 2.09. The Labute approximate surface area is 107 Å². The molecule has 1 atom stereocenters. The Morgan fingerprint density at radius 2 is 2.11 bits per heavy atom. The first-order chi connectivity index (χ1) is 8.52. The Kier molecular flexibility index (Phi) is 5.25. The third kappa shape index (κ3) is 3.78. The molecule has 0 aliphatic heterocycles. The zero-order valence-corrected chi connectivity index (χ0v) is 10.8. The second-order valence-corrected chi connectivity index (χ2v) is 4.81. The smallest absolute Gasteiger partial charge is 0.273 e. The van der Waals surface area contributed by atoms with Crippen molar-refractivity contribution in [3.63, 3.8) is 0 Å². The van der Waals surface area contributed by atoms with E-state index in [2.05, 4.69) is 5.32 Å². The summed E-state index contributed by atoms with van der Waals surface area (Å²) < 4.78 is 0. The van der Waals surface area contributed by atoms with Crippen molar-refractivity contribution >= 4 is 5.69 Å². The maximum Gasteiger partial charge on any atom is 0.273 e. The number of nitrogens with zero attached hydrogens (tertiary/aromatic N) is 1. The van der Waals surface area contributed by atoms with Gasteiger partial charge in [-0.05, 0) is 6.42 Å². The Morgan fingerprint density at radius 1 is 1.44 bits per heavy atom. The SMILES string of the molecule is CCC(C)(CO)CNCc1ccccc1[N+](=O)[O-]. The summed E-state index contributed by atoms with van der Waals surface area (Å²) in [4.78, 5) is 10.5. The average Bonchev–Trinajstić information content (AvgIpc) is 2.39. The van der Waals surface area contributed by atoms with Gasteiger partial charge in [0.15, 0.2) is 0 Å². The first-order valence-electron chi connectivity index (χ1n) is 6.06. The number of benzene rings is 1. The largest absolute Gasteiger partial charge is 0.396 e. The summed E-state index contributed by atoms with van der Waals surface area (Å²) in [7, 11) is 0. The number of rotatable bonds is 7. The molecule has 0 aliphatic rings. The van der Waals surface area contributed by atoms with Crippen LogP contribution in [0.2, 0.25) is 0 Å². The summed E-state index contributed by atoms with van der Waals surface area (Å²) >= 11 is 0. The van der Waals surface area contributed by atoms with E-state index in [1.54, 1.807) is 18.2 Å². The second kappa shape index (κ2) is 6.47. The number of hydrogen-bond donors (Lipinski definition) is 2. The van der Waals surface area contributed by atoms with E-state index in [0.29, 0.717) is 18.7 Å². The molecule has 1 aromatic carbocycles. The van der Waals surface area contributed by atoms with E-state index in [9.17, 15) is 15.2 Å². The second-order valence-electron chi connectivity index (χ2n) is 4.81. The highest BCUT2D eigenvalue weighted by Crippen LogP contribution is 2.20. The Balaban J connectivity index is 2.62. The van der Waals surface area contributed by atoms with E-state index in [1.807, 2.05) is 13.8 Å². The van der Waals surface area contributed by atoms with Crippen LogP contribution in [0, 0.1) is 15.5 Å². The number of nitrogens with one attached hydrogen (secondary N) is 1. The lowest BCUT2D eigenvalue weighted by Gasteiger charge is -2.25. The van der Waals surface area contributed by atoms with Gasteiger partial charge >= 0.3 is 0 Å². The minimum Gasteiger partial charge on any atom is -0.396 e. The van der Waals surface area contributed by atoms with Gasteiger partial charge in [0, 0.05) is 36.7 Å². The summed E-state index contributed by atoms with van der Waals surface area (Å²) in [5.74, 6) is 0. The summed E-state index contributed by atoms with van der Waals surface area (Å²) in [6.45, 7) is 5.18. The van der Waals surface area contributed by atoms with Gasteiger partial charge in [-0.1, -0.05) is 32.0 Å². The maximum absolute atomic E-state index is 10.8. The standard InChI is InChI=1S/C13H20N2O3/c1-3-13(2,10-16)9-14-8-11-6-4-5-7-12(11)15(17)18/h4-7,14,16H,3,8-10H2,1-2H3. The first kappa shape index (κ1) is 14.6. The van der Waals surface area contributed by atoms with Gasteiger partial charge in [-0.25, -0.2) is 0 Å². The molecular weight excluding hydrogens is 232 g/mol. The monoisotopic (exact) mass is 252 g/mol. The highest BCUT2D eigenvalue weighted by Gasteiger charge is 2.21. The molecule has 0 fully saturated rings. The van der Waals surface area contributed by atoms with Crippen molar-refractivity contribution in [1.82, 2.24) is 5.32 Å². The van der Waals surface area contributed by atoms with E-state index >= 15 is 0 Å². The van der Waals surface area contributed by atoms with E-state index in [0.717, 1.165) is 6.42 Å². The summed E-state index contributed by atoms with van der Waals surface area (Å²) in [6.07, 6.45) is 0.855. The quantitative estimate of drug-likeness (QED) is 0.575. The van der Waals surface area contributed by atoms with Crippen LogP contribution < -0.4 is 5.32 Å². The minimum atomic E-state index is -0.373. The van der Waals surface area contributed by atoms with Crippen molar-refractivity contribution < 1.29 is 10.0 Å². The van der Waals surface area contributed by atoms with Crippen LogP contribution in [0.25, 0.3) is 0 Å². The molecule has 2 N–H and O–H groups in total. The molecule has 1 rings (SSSR count). The van der Waals surface area contributed by atoms with Crippen LogP contribution in [0.5, 0.6) is 0 Å². The molecule has 0 amide bonds. The van der Waals surface area contributed by atoms with Gasteiger partial charge in [0.25, 0.3) is 5.69 Å². The molecule has 0 radical (unpaired) electrons. The van der Waals surface area contributed by atoms with Crippen LogP contribution in [-0.2, 0) is 6.54 Å². The summed E-state index contributed by atoms with van der Waals surface area (Å²) in [5, 5.41) is 23.3. The molecular formula is C13H20N2O3. The van der Waals surface area contributed by atoms with Crippen molar-refractivity contribution in [2.75, 3.05) is 13.2 Å². The molecule has 5 heteroatoms. The van der Waals surface area contributed by atoms with Gasteiger partial charge in [0.1, 0.15) is 0 Å². The minimum absolute atomic E-state index is 0.105. The maximum atomic E-state index is 10.8. The van der Waals surface area contributed by atoms with Gasteiger partial charge in [0.2, 0.25) is 0 Å². The van der Waals surface area contributed by atoms with Crippen LogP contribution in [0.1, 0.15) is 25.8 Å². The van der Waals surface area contributed by atoms with Crippen LogP contribution >= 0.6 is 0 Å². The summed E-state index contributed by atoms with van der Waals surface area (Å²) in [6, 6.07) is 6.69. The van der Waals surface area contributed by atoms with Gasteiger partial charge in [0.05, 0.1) is 4.92 Å². The summed E-state index contributed by atoms with van der Waals surface area (Å²) in [5.41, 5.74) is 0.620. The number of aliphatic hydroxyl groups excluding tert-OH is 1. The van der Waals surface area contributed by atoms with Crippen LogP contribution in [0.15, 0.2) is 24.3 Å². The van der Waals surface area contributed by atoms with Crippen molar-refractivity contribution in [3.8, 4) is 0 Å². The lowest BCUT2D eigenvalue weighted by atomic mass is 9.88. The van der Waals surface area contributed by atoms with Crippen molar-refractivity contribution in [3.05, 3.63) is 39.9 Å². The van der Waals surface area contributed by atoms with Crippen molar-refractivity contribution in [1.29, 1.82) is 0 Å². The fraction of sp³-hybridized carbons (Fsp3) is 0.538. The highest BCUT2D eigenvalue weighted by atomic mass is 16.6. The van der Waals surface area contributed by atoms with Gasteiger partial charge < -0.3 is 10.4 Å². The van der Waals surface area contributed by atoms with E-state index < -0.39 is 0 Å². The number of aliphatic hydroxyl groups is 1. The molecule has 1 aromatic rings. The zero-order chi connectivity index (χ0) is 13.6. The number of nitro benzene ring substituents is 1. The molecule has 5 nitrogen and oxygen atoms in total. The van der Waals surface area contributed by atoms with Gasteiger partial charge in [-0.2, -0.15) is 0 Å². The molecule has 0 saturated carbocycles. The van der Waals surface area contributed by atoms with E-state index in [1.165, 1.54) is 6.07 Å². The first-order valence-corrected chi connectivity index (χ1v) is 6.06. The molecule has 100 valence electrons. The van der Waals surface area contributed by atoms with Gasteiger partial charge in [-0.3, -0.25) is 10.1 Å². The number of nitro groups is 1. The number of hydrogen-bond acceptors (Lipinski definition) is 4. The third-order valence-electron chi connectivity index (χ3n) is 3.29. The molecule has 0 saturated heterocycles. The zero-order valence-electron chi connectivity index (χ0n) is 10.8. The fourth-order valence-corrected chi connectivity index (χ4v) is 1.63. The topological polar surface area (TPSA) is 75.4 Å². The van der Waals surface area contributed by atoms with Crippen LogP contribution in [-0.4, -0.2) is 23.2 Å². The van der Waals surface area contributed by atoms with Crippen molar-refractivity contribution in [2.24, 2.45) is 5.41 Å². The third-order valence-corrected chi connectivity index (χ3v) is 3.29. The van der Waals surface area contributed by atoms with Crippen LogP contribution in [0.4, 0.5) is 5.69 Å². The van der Waals surface area contributed by atoms with E-state index in [4.69, 9.17) is 0 Å². The van der Waals surface area contributed by atoms with Gasteiger partial charge in [-0.15, -0.1) is 0 Å². The predicted molar refractivity (Wildman–Crippen MR) is 70.3 cm³/mol. The number of para-hydroxylation sites is 1. The molecule has 18 heavy (non-hydrogen) atoms. The Morgan fingerprint density at radius 3 is 2.67 bits per heavy atom. The fourth-order valence-electron chi connectivity index (χ4n) is 1.63.